The van der Waals surface area contributed by atoms with Gasteiger partial charge >= 0.3 is 5.97 Å². The van der Waals surface area contributed by atoms with Gasteiger partial charge < -0.3 is 4.74 Å². The summed E-state index contributed by atoms with van der Waals surface area (Å²) in [4.78, 5) is 25.3. The van der Waals surface area contributed by atoms with Crippen molar-refractivity contribution < 1.29 is 14.3 Å². The summed E-state index contributed by atoms with van der Waals surface area (Å²) < 4.78 is 5.70. The second-order valence-corrected chi connectivity index (χ2v) is 12.2. The fourth-order valence-corrected chi connectivity index (χ4v) is 6.70. The van der Waals surface area contributed by atoms with Gasteiger partial charge in [-0.3, -0.25) is 9.59 Å². The molecule has 202 valence electrons. The second kappa shape index (κ2) is 15.8. The van der Waals surface area contributed by atoms with E-state index in [9.17, 15) is 9.59 Å². The first-order valence-corrected chi connectivity index (χ1v) is 15.4. The van der Waals surface area contributed by atoms with Gasteiger partial charge in [0, 0.05) is 17.4 Å². The lowest BCUT2D eigenvalue weighted by Crippen LogP contribution is -2.30. The van der Waals surface area contributed by atoms with Gasteiger partial charge in [-0.1, -0.05) is 71.6 Å². The zero-order valence-electron chi connectivity index (χ0n) is 22.8. The Labute approximate surface area is 225 Å². The molecule has 2 aliphatic rings. The van der Waals surface area contributed by atoms with E-state index in [-0.39, 0.29) is 23.0 Å². The van der Waals surface area contributed by atoms with Crippen molar-refractivity contribution >= 4 is 23.4 Å². The molecule has 0 N–H and O–H groups in total. The topological polar surface area (TPSA) is 43.4 Å². The first-order valence-electron chi connectivity index (χ1n) is 15.0. The van der Waals surface area contributed by atoms with Crippen molar-refractivity contribution in [2.75, 3.05) is 0 Å². The Morgan fingerprint density at radius 2 is 1.42 bits per heavy atom. The third kappa shape index (κ3) is 9.51. The van der Waals surface area contributed by atoms with Crippen LogP contribution in [-0.2, 0) is 4.79 Å². The monoisotopic (exact) mass is 516 g/mol. The summed E-state index contributed by atoms with van der Waals surface area (Å²) in [6.07, 6.45) is 20.0. The van der Waals surface area contributed by atoms with Crippen LogP contribution in [0.4, 0.5) is 0 Å². The lowest BCUT2D eigenvalue weighted by molar-refractivity contribution is -0.140. The van der Waals surface area contributed by atoms with E-state index in [1.807, 2.05) is 0 Å². The van der Waals surface area contributed by atoms with Crippen LogP contribution in [0, 0.1) is 23.7 Å². The first-order chi connectivity index (χ1) is 17.5. The minimum atomic E-state index is -0.113. The molecular weight excluding hydrogens is 468 g/mol. The van der Waals surface area contributed by atoms with Crippen molar-refractivity contribution in [3.8, 4) is 5.75 Å². The highest BCUT2D eigenvalue weighted by molar-refractivity contribution is 6.22. The van der Waals surface area contributed by atoms with E-state index in [2.05, 4.69) is 13.8 Å². The van der Waals surface area contributed by atoms with Crippen LogP contribution in [0.15, 0.2) is 24.3 Å². The predicted molar refractivity (Wildman–Crippen MR) is 150 cm³/mol. The number of rotatable bonds is 14. The minimum absolute atomic E-state index is 0.00747. The average molecular weight is 517 g/mol. The number of ketones is 1. The SMILES string of the molecule is CCCCCC(Cl)CC(=O)c1ccc(OC(=O)C2CCC(C3CCC(CCCCC)CC3)CC2)cc1. The van der Waals surface area contributed by atoms with Gasteiger partial charge in [-0.05, 0) is 87.0 Å². The van der Waals surface area contributed by atoms with E-state index in [4.69, 9.17) is 16.3 Å². The Balaban J connectivity index is 1.36. The molecule has 0 amide bonds. The molecule has 1 aromatic carbocycles. The van der Waals surface area contributed by atoms with Crippen molar-refractivity contribution in [3.05, 3.63) is 29.8 Å². The number of unbranched alkanes of at least 4 members (excludes halogenated alkanes) is 4. The van der Waals surface area contributed by atoms with Crippen LogP contribution in [0.1, 0.15) is 133 Å². The zero-order chi connectivity index (χ0) is 25.8. The molecule has 3 rings (SSSR count). The van der Waals surface area contributed by atoms with E-state index in [1.165, 1.54) is 51.4 Å². The quantitative estimate of drug-likeness (QED) is 0.0812. The van der Waals surface area contributed by atoms with Crippen LogP contribution in [0.25, 0.3) is 0 Å². The Morgan fingerprint density at radius 1 is 0.833 bits per heavy atom. The molecule has 0 bridgehead atoms. The number of halogens is 1. The van der Waals surface area contributed by atoms with E-state index in [1.54, 1.807) is 24.3 Å². The number of esters is 1. The zero-order valence-corrected chi connectivity index (χ0v) is 23.6. The lowest BCUT2D eigenvalue weighted by atomic mass is 9.68. The number of Topliss-reactive ketones (excluding diaryl/α,β-unsaturated/α-hetero) is 1. The number of carbonyl (C=O) groups is 2. The highest BCUT2D eigenvalue weighted by atomic mass is 35.5. The van der Waals surface area contributed by atoms with E-state index in [0.717, 1.165) is 69.1 Å². The van der Waals surface area contributed by atoms with Gasteiger partial charge in [-0.15, -0.1) is 11.6 Å². The van der Waals surface area contributed by atoms with Gasteiger partial charge in [-0.25, -0.2) is 0 Å². The number of hydrogen-bond donors (Lipinski definition) is 0. The molecule has 0 spiro atoms. The molecule has 0 radical (unpaired) electrons. The summed E-state index contributed by atoms with van der Waals surface area (Å²) in [6, 6.07) is 7.01. The van der Waals surface area contributed by atoms with Gasteiger partial charge in [0.15, 0.2) is 5.78 Å². The molecular formula is C32H49ClO3. The molecule has 2 saturated carbocycles. The third-order valence-corrected chi connectivity index (χ3v) is 9.17. The Kier molecular flexibility index (Phi) is 12.8. The fourth-order valence-electron chi connectivity index (χ4n) is 6.40. The number of hydrogen-bond acceptors (Lipinski definition) is 3. The molecule has 3 nitrogen and oxygen atoms in total. The Bertz CT molecular complexity index is 773. The summed E-state index contributed by atoms with van der Waals surface area (Å²) in [5.41, 5.74) is 0.636. The maximum absolute atomic E-state index is 12.8. The Hall–Kier alpha value is -1.35. The largest absolute Gasteiger partial charge is 0.426 e. The number of ether oxygens (including phenoxy) is 1. The molecule has 1 atom stereocenters. The van der Waals surface area contributed by atoms with Crippen LogP contribution in [0.2, 0.25) is 0 Å². The first kappa shape index (κ1) is 29.2. The molecule has 36 heavy (non-hydrogen) atoms. The third-order valence-electron chi connectivity index (χ3n) is 8.80. The smallest absolute Gasteiger partial charge is 0.314 e. The van der Waals surface area contributed by atoms with Gasteiger partial charge in [0.05, 0.1) is 5.92 Å². The molecule has 0 heterocycles. The number of benzene rings is 1. The van der Waals surface area contributed by atoms with Crippen LogP contribution in [0.5, 0.6) is 5.75 Å². The van der Waals surface area contributed by atoms with Crippen molar-refractivity contribution in [2.45, 2.75) is 128 Å². The molecule has 2 aliphatic carbocycles. The maximum atomic E-state index is 12.8. The van der Waals surface area contributed by atoms with Crippen molar-refractivity contribution in [2.24, 2.45) is 23.7 Å². The average Bonchev–Trinajstić information content (AvgIpc) is 2.90. The maximum Gasteiger partial charge on any atom is 0.314 e. The molecule has 1 unspecified atom stereocenters. The van der Waals surface area contributed by atoms with Crippen LogP contribution in [-0.4, -0.2) is 17.1 Å². The lowest BCUT2D eigenvalue weighted by Gasteiger charge is -2.37. The fraction of sp³-hybridized carbons (Fsp3) is 0.750. The van der Waals surface area contributed by atoms with Crippen molar-refractivity contribution in [1.82, 2.24) is 0 Å². The van der Waals surface area contributed by atoms with Crippen LogP contribution in [0.3, 0.4) is 0 Å². The highest BCUT2D eigenvalue weighted by Gasteiger charge is 2.33. The normalized spacial score (nSPS) is 25.3. The summed E-state index contributed by atoms with van der Waals surface area (Å²) >= 11 is 6.35. The molecule has 4 heteroatoms. The molecule has 0 aromatic heterocycles. The van der Waals surface area contributed by atoms with Crippen LogP contribution >= 0.6 is 11.6 Å². The van der Waals surface area contributed by atoms with E-state index < -0.39 is 0 Å². The summed E-state index contributed by atoms with van der Waals surface area (Å²) in [5, 5.41) is -0.113. The molecule has 0 aliphatic heterocycles. The van der Waals surface area contributed by atoms with Crippen molar-refractivity contribution in [1.29, 1.82) is 0 Å². The predicted octanol–water partition coefficient (Wildman–Crippen LogP) is 9.55. The summed E-state index contributed by atoms with van der Waals surface area (Å²) in [7, 11) is 0. The minimum Gasteiger partial charge on any atom is -0.426 e. The summed E-state index contributed by atoms with van der Waals surface area (Å²) in [5.74, 6) is 3.11. The molecule has 1 aromatic rings. The molecule has 2 fully saturated rings. The Morgan fingerprint density at radius 3 is 2.03 bits per heavy atom. The van der Waals surface area contributed by atoms with Gasteiger partial charge in [-0.2, -0.15) is 0 Å². The van der Waals surface area contributed by atoms with Gasteiger partial charge in [0.1, 0.15) is 5.75 Å². The number of carbonyl (C=O) groups excluding carboxylic acids is 2. The summed E-state index contributed by atoms with van der Waals surface area (Å²) in [6.45, 7) is 4.45. The standard InChI is InChI=1S/C32H49ClO3/c1-3-5-7-9-24-11-13-25(14-12-24)26-15-17-28(18-16-26)32(35)36-30-21-19-27(20-22-30)31(34)23-29(33)10-8-6-4-2/h19-22,24-26,28-29H,3-18,23H2,1-2H3. The van der Waals surface area contributed by atoms with E-state index >= 15 is 0 Å². The van der Waals surface area contributed by atoms with E-state index in [0.29, 0.717) is 17.7 Å². The molecule has 0 saturated heterocycles. The van der Waals surface area contributed by atoms with Crippen molar-refractivity contribution in [3.63, 3.8) is 0 Å². The number of alkyl halides is 1. The van der Waals surface area contributed by atoms with Crippen LogP contribution < -0.4 is 4.74 Å². The highest BCUT2D eigenvalue weighted by Crippen LogP contribution is 2.42. The second-order valence-electron chi connectivity index (χ2n) is 11.6. The van der Waals surface area contributed by atoms with Gasteiger partial charge in [0.2, 0.25) is 0 Å². The van der Waals surface area contributed by atoms with Gasteiger partial charge in [0.25, 0.3) is 0 Å².